The molecule has 0 spiro atoms. The van der Waals surface area contributed by atoms with E-state index in [-0.39, 0.29) is 37.8 Å². The number of esters is 1. The van der Waals surface area contributed by atoms with Gasteiger partial charge in [0.1, 0.15) is 35.3 Å². The molecule has 2 aliphatic rings. The highest BCUT2D eigenvalue weighted by molar-refractivity contribution is 5.96. The van der Waals surface area contributed by atoms with Crippen LogP contribution in [0.1, 0.15) is 70.6 Å². The van der Waals surface area contributed by atoms with Crippen LogP contribution in [0.15, 0.2) is 89.1 Å². The van der Waals surface area contributed by atoms with Crippen molar-refractivity contribution in [3.05, 3.63) is 95.8 Å². The quantitative estimate of drug-likeness (QED) is 0.0833. The zero-order valence-electron chi connectivity index (χ0n) is 41.8. The maximum absolute atomic E-state index is 14.7. The van der Waals surface area contributed by atoms with Gasteiger partial charge in [-0.25, -0.2) is 10.4 Å². The van der Waals surface area contributed by atoms with E-state index in [1.165, 1.54) is 17.0 Å². The van der Waals surface area contributed by atoms with Gasteiger partial charge in [-0.2, -0.15) is 4.99 Å². The molecule has 16 heteroatoms. The summed E-state index contributed by atoms with van der Waals surface area (Å²) in [5, 5.41) is 5.56. The summed E-state index contributed by atoms with van der Waals surface area (Å²) in [5.41, 5.74) is 11.1. The number of benzene rings is 3. The van der Waals surface area contributed by atoms with E-state index >= 15 is 0 Å². The summed E-state index contributed by atoms with van der Waals surface area (Å²) in [6.07, 6.45) is 5.43. The van der Waals surface area contributed by atoms with Crippen LogP contribution in [0.3, 0.4) is 0 Å². The first-order valence-corrected chi connectivity index (χ1v) is 24.0. The maximum atomic E-state index is 14.7. The van der Waals surface area contributed by atoms with E-state index in [1.54, 1.807) is 45.7 Å². The van der Waals surface area contributed by atoms with Crippen molar-refractivity contribution in [2.75, 3.05) is 48.1 Å². The fourth-order valence-corrected chi connectivity index (χ4v) is 9.53. The van der Waals surface area contributed by atoms with Gasteiger partial charge in [0, 0.05) is 80.4 Å². The molecule has 5 aromatic rings. The van der Waals surface area contributed by atoms with Crippen LogP contribution in [0.25, 0.3) is 33.3 Å². The summed E-state index contributed by atoms with van der Waals surface area (Å²) in [7, 11) is 6.36. The molecule has 370 valence electrons. The number of nitrogens with zero attached hydrogens (tertiary/aromatic N) is 6. The summed E-state index contributed by atoms with van der Waals surface area (Å²) in [5.74, 6) is -0.871. The number of nitrogens with one attached hydrogen (secondary N) is 2. The van der Waals surface area contributed by atoms with Crippen molar-refractivity contribution in [3.8, 4) is 33.9 Å². The van der Waals surface area contributed by atoms with E-state index in [4.69, 9.17) is 18.9 Å². The molecule has 1 fully saturated rings. The van der Waals surface area contributed by atoms with E-state index in [2.05, 4.69) is 87.4 Å². The van der Waals surface area contributed by atoms with E-state index in [9.17, 15) is 19.2 Å². The SMILES string of the molecule is CCn1c(-c2cnccc2COC)c2c3cc(ccc31)-c1cccc(c1)C[C@H](NC(=O)[C@H](C(C)C)N(C)C(=O)CCN=C=Nc1ccc(OC)cc1OC)C(=O)N1CCC[C@H](N1)C(=O)OCC(C)(C)C2. The average Bonchev–Trinajstić information content (AvgIpc) is 3.66. The third-order valence-electron chi connectivity index (χ3n) is 13.0. The second-order valence-electron chi connectivity index (χ2n) is 19.1. The third kappa shape index (κ3) is 11.6. The van der Waals surface area contributed by atoms with Gasteiger partial charge < -0.3 is 33.7 Å². The number of pyridine rings is 1. The van der Waals surface area contributed by atoms with Gasteiger partial charge in [0.15, 0.2) is 0 Å². The summed E-state index contributed by atoms with van der Waals surface area (Å²) in [6.45, 7) is 11.7. The number of carbonyl (C=O) groups is 4. The number of likely N-dealkylation sites (N-methyl/N-ethyl adjacent to an activating group) is 1. The summed E-state index contributed by atoms with van der Waals surface area (Å²) in [6, 6.07) is 21.5. The minimum Gasteiger partial charge on any atom is -0.497 e. The molecule has 0 aliphatic carbocycles. The predicted octanol–water partition coefficient (Wildman–Crippen LogP) is 7.58. The Bertz CT molecular complexity index is 2780. The molecule has 0 saturated carbocycles. The van der Waals surface area contributed by atoms with Gasteiger partial charge in [-0.15, -0.1) is 0 Å². The summed E-state index contributed by atoms with van der Waals surface area (Å²) < 4.78 is 24.7. The molecular formula is C54H66N8O8. The number of fused-ring (bicyclic) bond motifs is 6. The highest BCUT2D eigenvalue weighted by Gasteiger charge is 2.37. The number of aromatic nitrogens is 2. The van der Waals surface area contributed by atoms with Crippen LogP contribution in [0.5, 0.6) is 11.5 Å². The van der Waals surface area contributed by atoms with Gasteiger partial charge in [0.25, 0.3) is 5.91 Å². The molecule has 2 N–H and O–H groups in total. The fraction of sp³-hybridized carbons (Fsp3) is 0.444. The molecule has 70 heavy (non-hydrogen) atoms. The summed E-state index contributed by atoms with van der Waals surface area (Å²) in [4.78, 5) is 71.2. The molecule has 4 heterocycles. The van der Waals surface area contributed by atoms with Crippen LogP contribution in [0.4, 0.5) is 5.69 Å². The van der Waals surface area contributed by atoms with Crippen molar-refractivity contribution >= 4 is 46.3 Å². The van der Waals surface area contributed by atoms with Gasteiger partial charge in [0.05, 0.1) is 45.7 Å². The van der Waals surface area contributed by atoms with Crippen molar-refractivity contribution in [3.63, 3.8) is 0 Å². The molecule has 6 bridgehead atoms. The number of cyclic esters (lactones) is 1. The highest BCUT2D eigenvalue weighted by atomic mass is 16.5. The van der Waals surface area contributed by atoms with Gasteiger partial charge in [-0.3, -0.25) is 29.2 Å². The van der Waals surface area contributed by atoms with Crippen LogP contribution in [0.2, 0.25) is 0 Å². The maximum Gasteiger partial charge on any atom is 0.324 e. The molecule has 1 saturated heterocycles. The zero-order valence-corrected chi connectivity index (χ0v) is 41.8. The number of rotatable bonds is 14. The van der Waals surface area contributed by atoms with E-state index in [1.807, 2.05) is 38.2 Å². The monoisotopic (exact) mass is 955 g/mol. The number of hydrogen-bond donors (Lipinski definition) is 2. The minimum absolute atomic E-state index is 0.00707. The number of methoxy groups -OCH3 is 3. The Morgan fingerprint density at radius 2 is 1.84 bits per heavy atom. The lowest BCUT2D eigenvalue weighted by Crippen LogP contribution is -2.62. The first-order chi connectivity index (χ1) is 33.7. The number of carbonyl (C=O) groups excluding carboxylic acids is 4. The standard InChI is InChI=1S/C54H66N8O8/c1-10-61-46-19-16-37-27-40(46)41(50(61)42-30-55-22-20-38(42)31-67-7)29-54(4,5)32-70-53(66)44-15-12-24-62(59-44)52(65)45(26-35-13-11-14-36(37)25-35)58-51(64)49(34(2)3)60(6)48(63)21-23-56-33-57-43-18-17-39(68-8)28-47(43)69-9/h11,13-14,16-20,22,25,27-28,30,34,44-45,49,59H,10,12,15,21,23-24,26,29,31-32H2,1-9H3,(H,58,64)/t44-,45-,49-/m0/s1. The van der Waals surface area contributed by atoms with Gasteiger partial charge in [-0.1, -0.05) is 58.0 Å². The number of hydrazine groups is 1. The zero-order chi connectivity index (χ0) is 50.1. The molecule has 2 aromatic heterocycles. The van der Waals surface area contributed by atoms with Crippen LogP contribution < -0.4 is 20.2 Å². The second kappa shape index (κ2) is 22.7. The van der Waals surface area contributed by atoms with Crippen molar-refractivity contribution in [2.24, 2.45) is 21.3 Å². The van der Waals surface area contributed by atoms with Crippen molar-refractivity contribution < 1.29 is 38.1 Å². The van der Waals surface area contributed by atoms with Crippen molar-refractivity contribution in [1.29, 1.82) is 0 Å². The second-order valence-corrected chi connectivity index (χ2v) is 19.1. The molecule has 2 aliphatic heterocycles. The largest absolute Gasteiger partial charge is 0.497 e. The third-order valence-corrected chi connectivity index (χ3v) is 13.0. The predicted molar refractivity (Wildman–Crippen MR) is 269 cm³/mol. The summed E-state index contributed by atoms with van der Waals surface area (Å²) >= 11 is 0. The van der Waals surface area contributed by atoms with E-state index in [0.717, 1.165) is 50.0 Å². The lowest BCUT2D eigenvalue weighted by molar-refractivity contribution is -0.155. The number of ether oxygens (including phenoxy) is 4. The molecule has 0 unspecified atom stereocenters. The molecule has 3 amide bonds. The molecule has 3 aromatic carbocycles. The van der Waals surface area contributed by atoms with Crippen LogP contribution >= 0.6 is 0 Å². The Kier molecular flexibility index (Phi) is 16.5. The Labute approximate surface area is 410 Å². The molecular weight excluding hydrogens is 889 g/mol. The molecule has 0 radical (unpaired) electrons. The van der Waals surface area contributed by atoms with E-state index in [0.29, 0.717) is 56.1 Å². The van der Waals surface area contributed by atoms with Crippen LogP contribution in [0, 0.1) is 11.3 Å². The first-order valence-electron chi connectivity index (χ1n) is 24.0. The lowest BCUT2D eigenvalue weighted by atomic mass is 9.84. The number of amides is 3. The highest BCUT2D eigenvalue weighted by Crippen LogP contribution is 2.41. The van der Waals surface area contributed by atoms with Crippen LogP contribution in [-0.4, -0.2) is 115 Å². The van der Waals surface area contributed by atoms with Crippen molar-refractivity contribution in [2.45, 2.75) is 98.0 Å². The number of aryl methyl sites for hydroxylation is 1. The smallest absolute Gasteiger partial charge is 0.324 e. The van der Waals surface area contributed by atoms with Gasteiger partial charge >= 0.3 is 5.97 Å². The number of aliphatic imine (C=N–C) groups is 2. The van der Waals surface area contributed by atoms with E-state index < -0.39 is 41.3 Å². The van der Waals surface area contributed by atoms with Gasteiger partial charge in [-0.05, 0) is 90.3 Å². The molecule has 16 nitrogen and oxygen atoms in total. The van der Waals surface area contributed by atoms with Crippen molar-refractivity contribution in [1.82, 2.24) is 30.2 Å². The van der Waals surface area contributed by atoms with Gasteiger partial charge in [0.2, 0.25) is 11.8 Å². The first kappa shape index (κ1) is 51.0. The number of hydrogen-bond acceptors (Lipinski definition) is 12. The Morgan fingerprint density at radius 3 is 2.59 bits per heavy atom. The lowest BCUT2D eigenvalue weighted by Gasteiger charge is -2.36. The average molecular weight is 955 g/mol. The van der Waals surface area contributed by atoms with Crippen LogP contribution in [-0.2, 0) is 54.6 Å². The fourth-order valence-electron chi connectivity index (χ4n) is 9.53. The molecule has 7 rings (SSSR count). The Morgan fingerprint density at radius 1 is 1.04 bits per heavy atom. The minimum atomic E-state index is -1.06. The Hall–Kier alpha value is -6.87. The normalized spacial score (nSPS) is 17.5. The Balaban J connectivity index is 1.21. The topological polar surface area (TPSA) is 178 Å². The molecule has 3 atom stereocenters.